The molecule has 1 fully saturated rings. The van der Waals surface area contributed by atoms with Crippen molar-refractivity contribution >= 4 is 29.5 Å². The lowest BCUT2D eigenvalue weighted by Crippen LogP contribution is -2.57. The zero-order valence-electron chi connectivity index (χ0n) is 19.5. The smallest absolute Gasteiger partial charge is 0.254 e. The summed E-state index contributed by atoms with van der Waals surface area (Å²) >= 11 is 1.44. The molecule has 1 heterocycles. The van der Waals surface area contributed by atoms with E-state index >= 15 is 0 Å². The first kappa shape index (κ1) is 25.6. The molecular weight excluding hydrogens is 454 g/mol. The largest absolute Gasteiger partial charge is 0.508 e. The number of benzene rings is 2. The van der Waals surface area contributed by atoms with Gasteiger partial charge in [-0.15, -0.1) is 11.8 Å². The number of hydrogen-bond donors (Lipinski definition) is 4. The van der Waals surface area contributed by atoms with E-state index in [1.165, 1.54) is 40.9 Å². The van der Waals surface area contributed by atoms with E-state index in [1.54, 1.807) is 0 Å². The predicted octanol–water partition coefficient (Wildman–Crippen LogP) is 1.91. The number of aliphatic hydroxyl groups is 1. The molecule has 9 heteroatoms. The lowest BCUT2D eigenvalue weighted by Gasteiger charge is -2.31. The van der Waals surface area contributed by atoms with Gasteiger partial charge in [0.15, 0.2) is 6.10 Å². The van der Waals surface area contributed by atoms with Crippen LogP contribution in [-0.2, 0) is 16.0 Å². The van der Waals surface area contributed by atoms with E-state index in [0.29, 0.717) is 5.75 Å². The Morgan fingerprint density at radius 3 is 2.35 bits per heavy atom. The van der Waals surface area contributed by atoms with Crippen molar-refractivity contribution in [3.05, 3.63) is 65.7 Å². The monoisotopic (exact) mass is 485 g/mol. The highest BCUT2D eigenvalue weighted by Crippen LogP contribution is 2.24. The van der Waals surface area contributed by atoms with Crippen LogP contribution in [0.3, 0.4) is 0 Å². The van der Waals surface area contributed by atoms with E-state index < -0.39 is 35.5 Å². The highest BCUT2D eigenvalue weighted by atomic mass is 32.2. The quantitative estimate of drug-likeness (QED) is 0.476. The van der Waals surface area contributed by atoms with Gasteiger partial charge >= 0.3 is 0 Å². The molecule has 182 valence electrons. The zero-order valence-corrected chi connectivity index (χ0v) is 20.3. The van der Waals surface area contributed by atoms with E-state index in [4.69, 9.17) is 0 Å². The fourth-order valence-corrected chi connectivity index (χ4v) is 4.81. The number of aliphatic hydroxyl groups excluding tert-OH is 1. The third-order valence-electron chi connectivity index (χ3n) is 5.34. The van der Waals surface area contributed by atoms with Crippen LogP contribution < -0.4 is 10.6 Å². The van der Waals surface area contributed by atoms with Crippen LogP contribution in [0.2, 0.25) is 0 Å². The van der Waals surface area contributed by atoms with Crippen molar-refractivity contribution in [1.29, 1.82) is 0 Å². The molecule has 3 rings (SSSR count). The van der Waals surface area contributed by atoms with Crippen LogP contribution in [0.5, 0.6) is 5.75 Å². The summed E-state index contributed by atoms with van der Waals surface area (Å²) in [6, 6.07) is 13.3. The molecule has 2 aromatic rings. The molecule has 0 radical (unpaired) electrons. The number of carbonyl (C=O) groups excluding carboxylic acids is 3. The average molecular weight is 486 g/mol. The van der Waals surface area contributed by atoms with Crippen LogP contribution in [0.1, 0.15) is 36.7 Å². The van der Waals surface area contributed by atoms with Crippen LogP contribution in [0.15, 0.2) is 54.6 Å². The highest BCUT2D eigenvalue weighted by Gasteiger charge is 2.40. The van der Waals surface area contributed by atoms with Gasteiger partial charge in [0.25, 0.3) is 11.8 Å². The Hall–Kier alpha value is -3.04. The number of amides is 3. The van der Waals surface area contributed by atoms with Gasteiger partial charge in [0.05, 0.1) is 11.9 Å². The number of nitrogens with one attached hydrogen (secondary N) is 2. The molecule has 34 heavy (non-hydrogen) atoms. The first-order valence-electron chi connectivity index (χ1n) is 11.1. The van der Waals surface area contributed by atoms with Crippen LogP contribution in [-0.4, -0.2) is 68.2 Å². The van der Waals surface area contributed by atoms with Gasteiger partial charge < -0.3 is 25.7 Å². The second-order valence-corrected chi connectivity index (χ2v) is 10.3. The maximum absolute atomic E-state index is 13.3. The summed E-state index contributed by atoms with van der Waals surface area (Å²) in [5, 5.41) is 26.2. The van der Waals surface area contributed by atoms with Crippen LogP contribution in [0.4, 0.5) is 0 Å². The summed E-state index contributed by atoms with van der Waals surface area (Å²) in [6.45, 7) is 5.59. The topological polar surface area (TPSA) is 119 Å². The third-order valence-corrected chi connectivity index (χ3v) is 6.36. The molecule has 1 unspecified atom stereocenters. The molecule has 3 atom stereocenters. The van der Waals surface area contributed by atoms with Gasteiger partial charge in [0.2, 0.25) is 5.91 Å². The number of phenolic OH excluding ortho intramolecular Hbond substituents is 1. The minimum absolute atomic E-state index is 0.0266. The number of nitrogens with zero attached hydrogens (tertiary/aromatic N) is 1. The van der Waals surface area contributed by atoms with E-state index in [1.807, 2.05) is 51.1 Å². The Labute approximate surface area is 203 Å². The minimum Gasteiger partial charge on any atom is -0.508 e. The molecule has 1 aliphatic rings. The zero-order chi connectivity index (χ0) is 24.9. The Bertz CT molecular complexity index is 1010. The molecule has 0 bridgehead atoms. The van der Waals surface area contributed by atoms with Crippen molar-refractivity contribution in [1.82, 2.24) is 15.5 Å². The third kappa shape index (κ3) is 6.74. The van der Waals surface area contributed by atoms with Gasteiger partial charge in [-0.1, -0.05) is 30.3 Å². The summed E-state index contributed by atoms with van der Waals surface area (Å²) < 4.78 is 0. The molecule has 2 aromatic carbocycles. The Balaban J connectivity index is 1.79. The van der Waals surface area contributed by atoms with E-state index in [9.17, 15) is 24.6 Å². The van der Waals surface area contributed by atoms with Crippen LogP contribution >= 0.6 is 11.8 Å². The van der Waals surface area contributed by atoms with Crippen LogP contribution in [0, 0.1) is 0 Å². The normalized spacial score (nSPS) is 17.6. The van der Waals surface area contributed by atoms with E-state index in [2.05, 4.69) is 10.6 Å². The molecule has 3 amide bonds. The van der Waals surface area contributed by atoms with Crippen molar-refractivity contribution in [2.75, 3.05) is 11.6 Å². The van der Waals surface area contributed by atoms with Gasteiger partial charge in [0.1, 0.15) is 11.8 Å². The fourth-order valence-electron chi connectivity index (χ4n) is 3.65. The minimum atomic E-state index is -1.55. The van der Waals surface area contributed by atoms with Gasteiger partial charge in [0, 0.05) is 16.9 Å². The molecule has 8 nitrogen and oxygen atoms in total. The second kappa shape index (κ2) is 10.9. The van der Waals surface area contributed by atoms with Crippen molar-refractivity contribution in [2.24, 2.45) is 0 Å². The number of aromatic hydroxyl groups is 1. The standard InChI is InChI=1S/C25H31N3O5S/c1-25(2,3)27-23(32)20-14-34-15-28(20)24(33)21(30)19(13-16-7-5-4-6-8-16)26-22(31)17-9-11-18(29)12-10-17/h4-12,19-21,29-30H,13-15H2,1-3H3,(H,26,31)(H,27,32)/t19-,20?,21-/m0/s1. The number of carbonyl (C=O) groups is 3. The first-order chi connectivity index (χ1) is 16.0. The molecule has 0 spiro atoms. The average Bonchev–Trinajstić information content (AvgIpc) is 3.28. The highest BCUT2D eigenvalue weighted by molar-refractivity contribution is 7.99. The van der Waals surface area contributed by atoms with Gasteiger partial charge in [-0.25, -0.2) is 0 Å². The molecule has 1 aliphatic heterocycles. The van der Waals surface area contributed by atoms with E-state index in [-0.39, 0.29) is 29.5 Å². The number of rotatable bonds is 7. The maximum atomic E-state index is 13.3. The molecule has 0 aromatic heterocycles. The molecule has 0 saturated carbocycles. The lowest BCUT2D eigenvalue weighted by atomic mass is 9.99. The van der Waals surface area contributed by atoms with Crippen molar-refractivity contribution < 1.29 is 24.6 Å². The number of thioether (sulfide) groups is 1. The molecule has 1 saturated heterocycles. The fraction of sp³-hybridized carbons (Fsp3) is 0.400. The Morgan fingerprint density at radius 2 is 1.74 bits per heavy atom. The summed E-state index contributed by atoms with van der Waals surface area (Å²) in [4.78, 5) is 40.3. The summed E-state index contributed by atoms with van der Waals surface area (Å²) in [7, 11) is 0. The van der Waals surface area contributed by atoms with Gasteiger partial charge in [-0.05, 0) is 57.0 Å². The van der Waals surface area contributed by atoms with Crippen molar-refractivity contribution in [3.63, 3.8) is 0 Å². The summed E-state index contributed by atoms with van der Waals surface area (Å²) in [5.41, 5.74) is 0.670. The summed E-state index contributed by atoms with van der Waals surface area (Å²) in [6.07, 6.45) is -1.33. The summed E-state index contributed by atoms with van der Waals surface area (Å²) in [5.74, 6) is -0.618. The van der Waals surface area contributed by atoms with Crippen molar-refractivity contribution in [3.8, 4) is 5.75 Å². The lowest BCUT2D eigenvalue weighted by molar-refractivity contribution is -0.146. The SMILES string of the molecule is CC(C)(C)NC(=O)C1CSCN1C(=O)[C@@H](O)[C@H](Cc1ccccc1)NC(=O)c1ccc(O)cc1. The van der Waals surface area contributed by atoms with E-state index in [0.717, 1.165) is 5.56 Å². The van der Waals surface area contributed by atoms with Crippen molar-refractivity contribution in [2.45, 2.75) is 50.9 Å². The molecule has 0 aliphatic carbocycles. The predicted molar refractivity (Wildman–Crippen MR) is 131 cm³/mol. The first-order valence-corrected chi connectivity index (χ1v) is 12.2. The second-order valence-electron chi connectivity index (χ2n) is 9.32. The van der Waals surface area contributed by atoms with Crippen LogP contribution in [0.25, 0.3) is 0 Å². The number of hydrogen-bond acceptors (Lipinski definition) is 6. The number of phenols is 1. The Kier molecular flexibility index (Phi) is 8.22. The molecular formula is C25H31N3O5S. The van der Waals surface area contributed by atoms with Gasteiger partial charge in [-0.2, -0.15) is 0 Å². The molecule has 4 N–H and O–H groups in total. The van der Waals surface area contributed by atoms with Gasteiger partial charge in [-0.3, -0.25) is 14.4 Å². The Morgan fingerprint density at radius 1 is 1.09 bits per heavy atom. The maximum Gasteiger partial charge on any atom is 0.254 e.